The lowest BCUT2D eigenvalue weighted by Gasteiger charge is -2.16. The summed E-state index contributed by atoms with van der Waals surface area (Å²) in [4.78, 5) is 50.4. The van der Waals surface area contributed by atoms with Gasteiger partial charge in [0.1, 0.15) is 27.9 Å². The molecule has 0 aliphatic carbocycles. The second kappa shape index (κ2) is 9.64. The van der Waals surface area contributed by atoms with Crippen LogP contribution in [-0.2, 0) is 18.3 Å². The van der Waals surface area contributed by atoms with Crippen LogP contribution in [0.15, 0.2) is 33.9 Å². The van der Waals surface area contributed by atoms with Crippen molar-refractivity contribution >= 4 is 29.2 Å². The zero-order chi connectivity index (χ0) is 25.3. The zero-order valence-corrected chi connectivity index (χ0v) is 19.7. The van der Waals surface area contributed by atoms with Crippen LogP contribution in [0.3, 0.4) is 0 Å². The Labute approximate surface area is 198 Å². The van der Waals surface area contributed by atoms with Gasteiger partial charge in [-0.25, -0.2) is 18.7 Å². The third-order valence-corrected chi connectivity index (χ3v) is 5.37. The van der Waals surface area contributed by atoms with Gasteiger partial charge in [-0.1, -0.05) is 25.4 Å². The molecule has 2 heterocycles. The van der Waals surface area contributed by atoms with Crippen molar-refractivity contribution in [1.82, 2.24) is 18.9 Å². The van der Waals surface area contributed by atoms with Crippen LogP contribution in [-0.4, -0.2) is 37.3 Å². The molecule has 3 rings (SSSR count). The highest BCUT2D eigenvalue weighted by atomic mass is 35.5. The van der Waals surface area contributed by atoms with Gasteiger partial charge in [-0.3, -0.25) is 18.7 Å². The number of nitrogen functional groups attached to an aromatic ring is 1. The van der Waals surface area contributed by atoms with Crippen LogP contribution in [0.4, 0.5) is 10.2 Å². The number of nitrogens with zero attached hydrogens (tertiary/aromatic N) is 4. The smallest absolute Gasteiger partial charge is 0.343 e. The number of ketones is 1. The lowest BCUT2D eigenvalue weighted by molar-refractivity contribution is 0.0473. The topological polar surface area (TPSA) is 131 Å². The molecule has 0 bridgehead atoms. The minimum Gasteiger partial charge on any atom is -0.454 e. The molecule has 0 aliphatic heterocycles. The Bertz CT molecular complexity index is 1390. The highest BCUT2D eigenvalue weighted by Gasteiger charge is 2.26. The van der Waals surface area contributed by atoms with E-state index in [-0.39, 0.29) is 34.7 Å². The van der Waals surface area contributed by atoms with E-state index >= 15 is 0 Å². The number of aromatic nitrogens is 4. The fourth-order valence-electron chi connectivity index (χ4n) is 3.35. The van der Waals surface area contributed by atoms with E-state index in [9.17, 15) is 23.6 Å². The minimum absolute atomic E-state index is 0.0149. The zero-order valence-electron chi connectivity index (χ0n) is 19.0. The molecule has 0 fully saturated rings. The molecule has 0 saturated carbocycles. The number of benzene rings is 1. The van der Waals surface area contributed by atoms with E-state index in [2.05, 4.69) is 5.10 Å². The summed E-state index contributed by atoms with van der Waals surface area (Å²) in [7, 11) is 1.23. The molecule has 1 aromatic carbocycles. The standard InChI is InChI=1S/C22H23ClFN5O5/c1-11(2)9-28-19(25)17(20(31)27(4)22(28)33)15(30)10-34-21(32)16-12(3)26-29(18(16)23)14-7-5-13(24)6-8-14/h5-8,11H,9-10,25H2,1-4H3. The van der Waals surface area contributed by atoms with Crippen molar-refractivity contribution in [2.45, 2.75) is 27.3 Å². The first-order valence-corrected chi connectivity index (χ1v) is 10.6. The second-order valence-electron chi connectivity index (χ2n) is 8.05. The predicted molar refractivity (Wildman–Crippen MR) is 123 cm³/mol. The molecule has 12 heteroatoms. The maximum Gasteiger partial charge on any atom is 0.343 e. The largest absolute Gasteiger partial charge is 0.454 e. The fraction of sp³-hybridized carbons (Fsp3) is 0.318. The van der Waals surface area contributed by atoms with E-state index < -0.39 is 41.0 Å². The maximum absolute atomic E-state index is 13.2. The number of nitrogens with two attached hydrogens (primary N) is 1. The number of carbonyl (C=O) groups is 2. The summed E-state index contributed by atoms with van der Waals surface area (Å²) in [5, 5.41) is 4.08. The summed E-state index contributed by atoms with van der Waals surface area (Å²) in [5.74, 6) is -2.55. The van der Waals surface area contributed by atoms with E-state index in [0.717, 1.165) is 9.13 Å². The van der Waals surface area contributed by atoms with Crippen molar-refractivity contribution in [1.29, 1.82) is 0 Å². The molecule has 0 radical (unpaired) electrons. The highest BCUT2D eigenvalue weighted by molar-refractivity contribution is 6.33. The van der Waals surface area contributed by atoms with Crippen LogP contribution in [0.1, 0.15) is 40.3 Å². The van der Waals surface area contributed by atoms with E-state index in [1.807, 2.05) is 13.8 Å². The Morgan fingerprint density at radius 3 is 2.38 bits per heavy atom. The highest BCUT2D eigenvalue weighted by Crippen LogP contribution is 2.24. The van der Waals surface area contributed by atoms with E-state index in [1.54, 1.807) is 0 Å². The molecule has 10 nitrogen and oxygen atoms in total. The molecule has 0 spiro atoms. The van der Waals surface area contributed by atoms with Gasteiger partial charge in [0.2, 0.25) is 5.78 Å². The number of halogens is 2. The summed E-state index contributed by atoms with van der Waals surface area (Å²) >= 11 is 6.30. The van der Waals surface area contributed by atoms with Gasteiger partial charge < -0.3 is 10.5 Å². The number of aryl methyl sites for hydroxylation is 1. The Hall–Kier alpha value is -3.73. The third-order valence-electron chi connectivity index (χ3n) is 5.02. The van der Waals surface area contributed by atoms with Crippen molar-refractivity contribution in [3.05, 3.63) is 72.9 Å². The molecule has 0 saturated heterocycles. The number of Topliss-reactive ketones (excluding diaryl/α,β-unsaturated/α-hetero) is 1. The summed E-state index contributed by atoms with van der Waals surface area (Å²) in [5.41, 5.74) is 4.52. The molecule has 0 amide bonds. The Morgan fingerprint density at radius 2 is 1.79 bits per heavy atom. The molecular formula is C22H23ClFN5O5. The molecule has 0 atom stereocenters. The van der Waals surface area contributed by atoms with Crippen molar-refractivity contribution in [3.63, 3.8) is 0 Å². The van der Waals surface area contributed by atoms with Crippen molar-refractivity contribution in [2.24, 2.45) is 13.0 Å². The molecule has 34 heavy (non-hydrogen) atoms. The monoisotopic (exact) mass is 491 g/mol. The van der Waals surface area contributed by atoms with Gasteiger partial charge in [0.15, 0.2) is 6.61 Å². The summed E-state index contributed by atoms with van der Waals surface area (Å²) in [6.07, 6.45) is 0. The van der Waals surface area contributed by atoms with Crippen LogP contribution in [0.2, 0.25) is 5.15 Å². The van der Waals surface area contributed by atoms with Crippen molar-refractivity contribution in [3.8, 4) is 5.69 Å². The lowest BCUT2D eigenvalue weighted by atomic mass is 10.1. The fourth-order valence-corrected chi connectivity index (χ4v) is 3.70. The molecule has 2 aromatic heterocycles. The van der Waals surface area contributed by atoms with Gasteiger partial charge in [-0.2, -0.15) is 5.10 Å². The molecule has 180 valence electrons. The van der Waals surface area contributed by atoms with Gasteiger partial charge >= 0.3 is 11.7 Å². The van der Waals surface area contributed by atoms with Crippen LogP contribution >= 0.6 is 11.6 Å². The summed E-state index contributed by atoms with van der Waals surface area (Å²) < 4.78 is 21.4. The molecule has 0 unspecified atom stereocenters. The second-order valence-corrected chi connectivity index (χ2v) is 8.41. The van der Waals surface area contributed by atoms with E-state index in [4.69, 9.17) is 22.1 Å². The van der Waals surface area contributed by atoms with E-state index in [1.165, 1.54) is 42.9 Å². The van der Waals surface area contributed by atoms with Gasteiger partial charge in [0, 0.05) is 13.6 Å². The first kappa shape index (κ1) is 24.9. The summed E-state index contributed by atoms with van der Waals surface area (Å²) in [6.45, 7) is 4.59. The van der Waals surface area contributed by atoms with Gasteiger partial charge in [0.05, 0.1) is 11.4 Å². The maximum atomic E-state index is 13.2. The Balaban J connectivity index is 1.87. The van der Waals surface area contributed by atoms with Gasteiger partial charge in [0.25, 0.3) is 5.56 Å². The summed E-state index contributed by atoms with van der Waals surface area (Å²) in [6, 6.07) is 5.28. The molecule has 0 aliphatic rings. The van der Waals surface area contributed by atoms with Crippen LogP contribution in [0, 0.1) is 18.7 Å². The van der Waals surface area contributed by atoms with Gasteiger partial charge in [-0.15, -0.1) is 0 Å². The quantitative estimate of drug-likeness (QED) is 0.395. The number of hydrogen-bond donors (Lipinski definition) is 1. The minimum atomic E-state index is -0.949. The number of esters is 1. The number of anilines is 1. The van der Waals surface area contributed by atoms with Crippen LogP contribution in [0.25, 0.3) is 5.69 Å². The molecule has 3 aromatic rings. The third kappa shape index (κ3) is 4.65. The Kier molecular flexibility index (Phi) is 7.06. The predicted octanol–water partition coefficient (Wildman–Crippen LogP) is 2.11. The number of carbonyl (C=O) groups excluding carboxylic acids is 2. The average Bonchev–Trinajstić information content (AvgIpc) is 3.08. The number of rotatable bonds is 7. The first-order chi connectivity index (χ1) is 15.9. The van der Waals surface area contributed by atoms with Crippen LogP contribution in [0.5, 0.6) is 0 Å². The van der Waals surface area contributed by atoms with Gasteiger partial charge in [-0.05, 0) is 37.1 Å². The number of hydrogen-bond acceptors (Lipinski definition) is 7. The van der Waals surface area contributed by atoms with E-state index in [0.29, 0.717) is 5.69 Å². The van der Waals surface area contributed by atoms with Crippen LogP contribution < -0.4 is 17.0 Å². The average molecular weight is 492 g/mol. The SMILES string of the molecule is Cc1nn(-c2ccc(F)cc2)c(Cl)c1C(=O)OCC(=O)c1c(N)n(CC(C)C)c(=O)n(C)c1=O. The lowest BCUT2D eigenvalue weighted by Crippen LogP contribution is -2.43. The number of ether oxygens (including phenoxy) is 1. The normalized spacial score (nSPS) is 11.1. The molecular weight excluding hydrogens is 469 g/mol. The van der Waals surface area contributed by atoms with Crippen molar-refractivity contribution in [2.75, 3.05) is 12.3 Å². The molecule has 2 N–H and O–H groups in total. The first-order valence-electron chi connectivity index (χ1n) is 10.2. The Morgan fingerprint density at radius 1 is 1.18 bits per heavy atom. The van der Waals surface area contributed by atoms with Crippen molar-refractivity contribution < 1.29 is 18.7 Å².